The maximum atomic E-state index is 6.19. The highest BCUT2D eigenvalue weighted by atomic mass is 35.5. The Morgan fingerprint density at radius 3 is 2.24 bits per heavy atom. The Kier molecular flexibility index (Phi) is 7.48. The molecule has 0 N–H and O–H groups in total. The van der Waals surface area contributed by atoms with Gasteiger partial charge in [0.25, 0.3) is 0 Å². The molecule has 2 aromatic carbocycles. The Balaban J connectivity index is 1.55. The van der Waals surface area contributed by atoms with Crippen LogP contribution in [0.25, 0.3) is 0 Å². The molecule has 4 nitrogen and oxygen atoms in total. The Morgan fingerprint density at radius 1 is 0.966 bits per heavy atom. The van der Waals surface area contributed by atoms with Gasteiger partial charge >= 0.3 is 0 Å². The molecule has 0 aliphatic heterocycles. The standard InChI is InChI=1S/C24H29ClN2O2/c1-24(2,3)21-8-4-20(5-9-21)16-29-23(14-27-13-12-26-18-27)17-28-15-19-6-10-22(25)11-7-19/h4-13,18,23H,14-17H2,1-3H3. The lowest BCUT2D eigenvalue weighted by molar-refractivity contribution is -0.0372. The van der Waals surface area contributed by atoms with Gasteiger partial charge in [0.1, 0.15) is 0 Å². The van der Waals surface area contributed by atoms with Crippen LogP contribution in [-0.4, -0.2) is 22.3 Å². The summed E-state index contributed by atoms with van der Waals surface area (Å²) in [5, 5.41) is 0.729. The van der Waals surface area contributed by atoms with Crippen molar-refractivity contribution >= 4 is 11.6 Å². The highest BCUT2D eigenvalue weighted by Gasteiger charge is 2.14. The average molecular weight is 413 g/mol. The van der Waals surface area contributed by atoms with E-state index in [1.807, 2.05) is 35.0 Å². The van der Waals surface area contributed by atoms with Crippen LogP contribution in [0.3, 0.4) is 0 Å². The predicted octanol–water partition coefficient (Wildman–Crippen LogP) is 5.64. The molecule has 1 aromatic heterocycles. The molecule has 0 spiro atoms. The van der Waals surface area contributed by atoms with E-state index in [0.29, 0.717) is 26.4 Å². The second kappa shape index (κ2) is 10.1. The zero-order valence-electron chi connectivity index (χ0n) is 17.3. The van der Waals surface area contributed by atoms with Crippen molar-refractivity contribution in [1.29, 1.82) is 0 Å². The number of imidazole rings is 1. The first-order valence-corrected chi connectivity index (χ1v) is 10.3. The summed E-state index contributed by atoms with van der Waals surface area (Å²) in [6.45, 7) is 8.93. The number of hydrogen-bond donors (Lipinski definition) is 0. The number of hydrogen-bond acceptors (Lipinski definition) is 3. The van der Waals surface area contributed by atoms with Gasteiger partial charge in [-0.1, -0.05) is 68.8 Å². The molecule has 3 aromatic rings. The van der Waals surface area contributed by atoms with Crippen molar-refractivity contribution < 1.29 is 9.47 Å². The summed E-state index contributed by atoms with van der Waals surface area (Å²) in [4.78, 5) is 4.12. The normalized spacial score (nSPS) is 12.8. The van der Waals surface area contributed by atoms with Crippen LogP contribution in [-0.2, 0) is 34.6 Å². The van der Waals surface area contributed by atoms with Gasteiger partial charge < -0.3 is 14.0 Å². The van der Waals surface area contributed by atoms with Gasteiger partial charge in [-0.3, -0.25) is 0 Å². The summed E-state index contributed by atoms with van der Waals surface area (Å²) in [6, 6.07) is 16.4. The Labute approximate surface area is 178 Å². The van der Waals surface area contributed by atoms with Crippen LogP contribution in [0.4, 0.5) is 0 Å². The fourth-order valence-corrected chi connectivity index (χ4v) is 3.11. The number of nitrogens with zero attached hydrogens (tertiary/aromatic N) is 2. The lowest BCUT2D eigenvalue weighted by Crippen LogP contribution is -2.25. The molecule has 29 heavy (non-hydrogen) atoms. The second-order valence-corrected chi connectivity index (χ2v) is 8.72. The smallest absolute Gasteiger partial charge is 0.0991 e. The molecule has 5 heteroatoms. The first-order valence-electron chi connectivity index (χ1n) is 9.89. The van der Waals surface area contributed by atoms with E-state index in [2.05, 4.69) is 50.0 Å². The van der Waals surface area contributed by atoms with Gasteiger partial charge in [0.15, 0.2) is 0 Å². The summed E-state index contributed by atoms with van der Waals surface area (Å²) >= 11 is 5.94. The van der Waals surface area contributed by atoms with Crippen molar-refractivity contribution in [1.82, 2.24) is 9.55 Å². The molecule has 0 aliphatic carbocycles. The van der Waals surface area contributed by atoms with Crippen LogP contribution < -0.4 is 0 Å². The van der Waals surface area contributed by atoms with Crippen LogP contribution in [0, 0.1) is 0 Å². The lowest BCUT2D eigenvalue weighted by Gasteiger charge is -2.21. The third-order valence-corrected chi connectivity index (χ3v) is 5.02. The third-order valence-electron chi connectivity index (χ3n) is 4.77. The number of halogens is 1. The molecule has 1 atom stereocenters. The molecule has 0 fully saturated rings. The van der Waals surface area contributed by atoms with Gasteiger partial charge in [-0.05, 0) is 34.2 Å². The first-order chi connectivity index (χ1) is 13.9. The average Bonchev–Trinajstić information content (AvgIpc) is 3.20. The third kappa shape index (κ3) is 7.00. The number of aromatic nitrogens is 2. The predicted molar refractivity (Wildman–Crippen MR) is 117 cm³/mol. The SMILES string of the molecule is CC(C)(C)c1ccc(COC(COCc2ccc(Cl)cc2)Cn2ccnc2)cc1. The molecule has 0 bridgehead atoms. The van der Waals surface area contributed by atoms with Gasteiger partial charge in [-0.2, -0.15) is 0 Å². The fourth-order valence-electron chi connectivity index (χ4n) is 2.99. The number of ether oxygens (including phenoxy) is 2. The molecular formula is C24H29ClN2O2. The number of rotatable bonds is 9. The molecule has 0 saturated heterocycles. The van der Waals surface area contributed by atoms with E-state index in [-0.39, 0.29) is 11.5 Å². The van der Waals surface area contributed by atoms with E-state index >= 15 is 0 Å². The van der Waals surface area contributed by atoms with E-state index in [9.17, 15) is 0 Å². The quantitative estimate of drug-likeness (QED) is 0.456. The minimum absolute atomic E-state index is 0.0706. The van der Waals surface area contributed by atoms with Crippen LogP contribution >= 0.6 is 11.6 Å². The summed E-state index contributed by atoms with van der Waals surface area (Å²) in [6.07, 6.45) is 5.44. The zero-order chi connectivity index (χ0) is 20.7. The lowest BCUT2D eigenvalue weighted by atomic mass is 9.87. The van der Waals surface area contributed by atoms with Crippen molar-refractivity contribution in [2.75, 3.05) is 6.61 Å². The monoisotopic (exact) mass is 412 g/mol. The molecule has 0 aliphatic rings. The molecule has 1 heterocycles. The molecule has 1 unspecified atom stereocenters. The summed E-state index contributed by atoms with van der Waals surface area (Å²) < 4.78 is 14.1. The van der Waals surface area contributed by atoms with Crippen molar-refractivity contribution in [2.45, 2.75) is 52.0 Å². The summed E-state index contributed by atoms with van der Waals surface area (Å²) in [5.41, 5.74) is 3.72. The van der Waals surface area contributed by atoms with Crippen LogP contribution in [0.5, 0.6) is 0 Å². The maximum Gasteiger partial charge on any atom is 0.0991 e. The van der Waals surface area contributed by atoms with E-state index in [1.165, 1.54) is 5.56 Å². The van der Waals surface area contributed by atoms with Gasteiger partial charge in [0.05, 0.1) is 38.8 Å². The number of benzene rings is 2. The second-order valence-electron chi connectivity index (χ2n) is 8.28. The Morgan fingerprint density at radius 2 is 1.62 bits per heavy atom. The Bertz CT molecular complexity index is 853. The van der Waals surface area contributed by atoms with Gasteiger partial charge in [0, 0.05) is 17.4 Å². The van der Waals surface area contributed by atoms with Crippen LogP contribution in [0.15, 0.2) is 67.3 Å². The summed E-state index contributed by atoms with van der Waals surface area (Å²) in [5.74, 6) is 0. The highest BCUT2D eigenvalue weighted by Crippen LogP contribution is 2.22. The van der Waals surface area contributed by atoms with Crippen molar-refractivity contribution in [2.24, 2.45) is 0 Å². The molecule has 0 amide bonds. The molecule has 0 radical (unpaired) electrons. The van der Waals surface area contributed by atoms with Crippen molar-refractivity contribution in [3.63, 3.8) is 0 Å². The van der Waals surface area contributed by atoms with E-state index in [1.54, 1.807) is 12.5 Å². The largest absolute Gasteiger partial charge is 0.374 e. The van der Waals surface area contributed by atoms with Gasteiger partial charge in [-0.25, -0.2) is 4.98 Å². The fraction of sp³-hybridized carbons (Fsp3) is 0.375. The van der Waals surface area contributed by atoms with E-state index < -0.39 is 0 Å². The van der Waals surface area contributed by atoms with Crippen molar-refractivity contribution in [3.05, 3.63) is 89.0 Å². The van der Waals surface area contributed by atoms with E-state index in [0.717, 1.165) is 16.1 Å². The van der Waals surface area contributed by atoms with Gasteiger partial charge in [0.2, 0.25) is 0 Å². The minimum atomic E-state index is -0.0706. The highest BCUT2D eigenvalue weighted by molar-refractivity contribution is 6.30. The molecule has 0 saturated carbocycles. The Hall–Kier alpha value is -2.14. The molecule has 3 rings (SSSR count). The van der Waals surface area contributed by atoms with Crippen molar-refractivity contribution in [3.8, 4) is 0 Å². The first kappa shape index (κ1) is 21.6. The molecule has 154 valence electrons. The zero-order valence-corrected chi connectivity index (χ0v) is 18.1. The van der Waals surface area contributed by atoms with Crippen LogP contribution in [0.2, 0.25) is 5.02 Å². The summed E-state index contributed by atoms with van der Waals surface area (Å²) in [7, 11) is 0. The van der Waals surface area contributed by atoms with Crippen LogP contribution in [0.1, 0.15) is 37.5 Å². The minimum Gasteiger partial charge on any atom is -0.374 e. The van der Waals surface area contributed by atoms with Gasteiger partial charge in [-0.15, -0.1) is 0 Å². The molecular weight excluding hydrogens is 384 g/mol. The maximum absolute atomic E-state index is 6.19. The van der Waals surface area contributed by atoms with E-state index in [4.69, 9.17) is 21.1 Å². The topological polar surface area (TPSA) is 36.3 Å².